The number of fused-ring (bicyclic) bond motifs is 1. The molecule has 8 heteroatoms. The minimum atomic E-state index is -0.0195. The molecule has 3 aromatic rings. The van der Waals surface area contributed by atoms with Gasteiger partial charge in [-0.05, 0) is 50.7 Å². The second kappa shape index (κ2) is 7.66. The van der Waals surface area contributed by atoms with Crippen molar-refractivity contribution in [3.05, 3.63) is 29.4 Å². The number of carbonyl (C=O) groups excluding carboxylic acids is 1. The first-order valence-corrected chi connectivity index (χ1v) is 9.93. The molecule has 2 N–H and O–H groups in total. The molecule has 0 spiro atoms. The fourth-order valence-electron chi connectivity index (χ4n) is 3.44. The van der Waals surface area contributed by atoms with Crippen molar-refractivity contribution >= 4 is 34.0 Å². The van der Waals surface area contributed by atoms with Gasteiger partial charge in [-0.3, -0.25) is 4.79 Å². The normalized spacial score (nSPS) is 19.9. The number of anilines is 1. The van der Waals surface area contributed by atoms with Crippen LogP contribution in [0.4, 0.5) is 5.82 Å². The number of nitrogens with one attached hydrogen (secondary N) is 1. The van der Waals surface area contributed by atoms with Gasteiger partial charge in [-0.25, -0.2) is 9.97 Å². The Balaban J connectivity index is 1.51. The third kappa shape index (κ3) is 3.96. The molecule has 0 aliphatic heterocycles. The first-order valence-electron chi connectivity index (χ1n) is 9.11. The van der Waals surface area contributed by atoms with E-state index in [0.29, 0.717) is 11.7 Å². The smallest absolute Gasteiger partial charge is 0.228 e. The molecule has 4 rings (SSSR count). The minimum absolute atomic E-state index is 0.00542. The van der Waals surface area contributed by atoms with Crippen LogP contribution in [-0.2, 0) is 4.79 Å². The lowest BCUT2D eigenvalue weighted by Gasteiger charge is -2.26. The first-order chi connectivity index (χ1) is 13.1. The van der Waals surface area contributed by atoms with Crippen molar-refractivity contribution in [3.63, 3.8) is 0 Å². The summed E-state index contributed by atoms with van der Waals surface area (Å²) in [6.07, 6.45) is 5.13. The highest BCUT2D eigenvalue weighted by Crippen LogP contribution is 2.29. The molecule has 0 bridgehead atoms. The van der Waals surface area contributed by atoms with Crippen LogP contribution in [0.2, 0.25) is 0 Å². The SMILES string of the molecule is Cc1nnc(-c2ccc3cnc(NC(=O)[C@H]4CC[C@H](CO)CC4)cc3n2)s1. The predicted octanol–water partition coefficient (Wildman–Crippen LogP) is 3.19. The van der Waals surface area contributed by atoms with Crippen molar-refractivity contribution < 1.29 is 9.90 Å². The van der Waals surface area contributed by atoms with Crippen LogP contribution in [0.3, 0.4) is 0 Å². The maximum atomic E-state index is 12.5. The van der Waals surface area contributed by atoms with Crippen LogP contribution >= 0.6 is 11.3 Å². The number of nitrogens with zero attached hydrogens (tertiary/aromatic N) is 4. The number of aliphatic hydroxyl groups excluding tert-OH is 1. The van der Waals surface area contributed by atoms with Gasteiger partial charge in [-0.15, -0.1) is 10.2 Å². The number of hydrogen-bond acceptors (Lipinski definition) is 7. The van der Waals surface area contributed by atoms with Crippen molar-refractivity contribution in [1.29, 1.82) is 0 Å². The van der Waals surface area contributed by atoms with E-state index in [9.17, 15) is 9.90 Å². The second-order valence-corrected chi connectivity index (χ2v) is 8.16. The number of pyridine rings is 2. The Morgan fingerprint density at radius 2 is 2.07 bits per heavy atom. The molecule has 27 heavy (non-hydrogen) atoms. The summed E-state index contributed by atoms with van der Waals surface area (Å²) in [6.45, 7) is 2.12. The van der Waals surface area contributed by atoms with Gasteiger partial charge in [0.15, 0.2) is 5.01 Å². The summed E-state index contributed by atoms with van der Waals surface area (Å²) in [7, 11) is 0. The standard InChI is InChI=1S/C19H21N5O2S/c1-11-23-24-19(27-11)15-7-6-14-9-20-17(8-16(14)21-15)22-18(26)13-4-2-12(10-25)3-5-13/h6-9,12-13,25H,2-5,10H2,1H3,(H,20,22,26)/t12-,13-. The molecule has 0 radical (unpaired) electrons. The molecule has 140 valence electrons. The molecule has 1 fully saturated rings. The molecule has 0 saturated heterocycles. The average Bonchev–Trinajstić information content (AvgIpc) is 3.14. The van der Waals surface area contributed by atoms with Crippen LogP contribution in [0.15, 0.2) is 24.4 Å². The second-order valence-electron chi connectivity index (χ2n) is 6.97. The monoisotopic (exact) mass is 383 g/mol. The molecule has 3 heterocycles. The van der Waals surface area contributed by atoms with E-state index in [1.54, 1.807) is 12.3 Å². The molecule has 0 atom stereocenters. The first kappa shape index (κ1) is 17.9. The van der Waals surface area contributed by atoms with Gasteiger partial charge >= 0.3 is 0 Å². The van der Waals surface area contributed by atoms with Crippen molar-refractivity contribution in [2.45, 2.75) is 32.6 Å². The van der Waals surface area contributed by atoms with Gasteiger partial charge in [-0.2, -0.15) is 0 Å². The molecular weight excluding hydrogens is 362 g/mol. The number of rotatable bonds is 4. The van der Waals surface area contributed by atoms with Crippen molar-refractivity contribution in [2.75, 3.05) is 11.9 Å². The van der Waals surface area contributed by atoms with Gasteiger partial charge in [0.2, 0.25) is 5.91 Å². The zero-order valence-electron chi connectivity index (χ0n) is 15.1. The van der Waals surface area contributed by atoms with Crippen LogP contribution in [0.1, 0.15) is 30.7 Å². The van der Waals surface area contributed by atoms with Crippen LogP contribution < -0.4 is 5.32 Å². The molecule has 1 aliphatic carbocycles. The van der Waals surface area contributed by atoms with Crippen molar-refractivity contribution in [3.8, 4) is 10.7 Å². The predicted molar refractivity (Wildman–Crippen MR) is 104 cm³/mol. The van der Waals surface area contributed by atoms with Crippen LogP contribution in [0, 0.1) is 18.8 Å². The van der Waals surface area contributed by atoms with E-state index >= 15 is 0 Å². The zero-order valence-corrected chi connectivity index (χ0v) is 15.9. The highest BCUT2D eigenvalue weighted by atomic mass is 32.1. The van der Waals surface area contributed by atoms with E-state index in [1.165, 1.54) is 11.3 Å². The maximum Gasteiger partial charge on any atom is 0.228 e. The fraction of sp³-hybridized carbons (Fsp3) is 0.421. The Morgan fingerprint density at radius 3 is 2.78 bits per heavy atom. The third-order valence-corrected chi connectivity index (χ3v) is 5.91. The fourth-order valence-corrected chi connectivity index (χ4v) is 4.10. The van der Waals surface area contributed by atoms with E-state index in [-0.39, 0.29) is 18.4 Å². The topological polar surface area (TPSA) is 101 Å². The van der Waals surface area contributed by atoms with E-state index in [0.717, 1.165) is 52.3 Å². The number of aryl methyl sites for hydroxylation is 1. The summed E-state index contributed by atoms with van der Waals surface area (Å²) in [5.41, 5.74) is 1.52. The molecule has 3 aromatic heterocycles. The molecule has 1 saturated carbocycles. The Kier molecular flexibility index (Phi) is 5.09. The van der Waals surface area contributed by atoms with E-state index in [2.05, 4.69) is 25.5 Å². The van der Waals surface area contributed by atoms with Gasteiger partial charge in [0, 0.05) is 30.2 Å². The summed E-state index contributed by atoms with van der Waals surface area (Å²) in [6, 6.07) is 5.65. The molecule has 7 nitrogen and oxygen atoms in total. The number of aromatic nitrogens is 4. The molecule has 0 aromatic carbocycles. The zero-order chi connectivity index (χ0) is 18.8. The highest BCUT2D eigenvalue weighted by Gasteiger charge is 2.26. The lowest BCUT2D eigenvalue weighted by Crippen LogP contribution is -2.28. The Morgan fingerprint density at radius 1 is 1.26 bits per heavy atom. The summed E-state index contributed by atoms with van der Waals surface area (Å²) in [5.74, 6) is 0.817. The van der Waals surface area contributed by atoms with E-state index in [1.807, 2.05) is 19.1 Å². The summed E-state index contributed by atoms with van der Waals surface area (Å²) >= 11 is 1.50. The van der Waals surface area contributed by atoms with Gasteiger partial charge in [0.25, 0.3) is 0 Å². The number of amides is 1. The average molecular weight is 383 g/mol. The lowest BCUT2D eigenvalue weighted by molar-refractivity contribution is -0.121. The minimum Gasteiger partial charge on any atom is -0.396 e. The molecule has 1 amide bonds. The van der Waals surface area contributed by atoms with Gasteiger partial charge < -0.3 is 10.4 Å². The molecule has 1 aliphatic rings. The van der Waals surface area contributed by atoms with Gasteiger partial charge in [0.05, 0.1) is 5.52 Å². The Bertz CT molecular complexity index is 966. The summed E-state index contributed by atoms with van der Waals surface area (Å²) in [5, 5.41) is 22.9. The van der Waals surface area contributed by atoms with Crippen LogP contribution in [-0.4, -0.2) is 37.8 Å². The largest absolute Gasteiger partial charge is 0.396 e. The molecule has 0 unspecified atom stereocenters. The number of aliphatic hydroxyl groups is 1. The number of carbonyl (C=O) groups is 1. The Hall–Kier alpha value is -2.45. The lowest BCUT2D eigenvalue weighted by atomic mass is 9.82. The molecular formula is C19H21N5O2S. The summed E-state index contributed by atoms with van der Waals surface area (Å²) in [4.78, 5) is 21.5. The quantitative estimate of drug-likeness (QED) is 0.717. The number of hydrogen-bond donors (Lipinski definition) is 2. The highest BCUT2D eigenvalue weighted by molar-refractivity contribution is 7.14. The van der Waals surface area contributed by atoms with Crippen molar-refractivity contribution in [1.82, 2.24) is 20.2 Å². The van der Waals surface area contributed by atoms with Crippen LogP contribution in [0.5, 0.6) is 0 Å². The van der Waals surface area contributed by atoms with Gasteiger partial charge in [-0.1, -0.05) is 11.3 Å². The third-order valence-electron chi connectivity index (χ3n) is 5.05. The van der Waals surface area contributed by atoms with Crippen LogP contribution in [0.25, 0.3) is 21.6 Å². The van der Waals surface area contributed by atoms with E-state index < -0.39 is 0 Å². The maximum absolute atomic E-state index is 12.5. The van der Waals surface area contributed by atoms with Gasteiger partial charge in [0.1, 0.15) is 16.5 Å². The Labute approximate surface area is 160 Å². The summed E-state index contributed by atoms with van der Waals surface area (Å²) < 4.78 is 0. The van der Waals surface area contributed by atoms with E-state index in [4.69, 9.17) is 0 Å². The van der Waals surface area contributed by atoms with Crippen molar-refractivity contribution in [2.24, 2.45) is 11.8 Å².